The van der Waals surface area contributed by atoms with E-state index in [0.29, 0.717) is 38.0 Å². The largest absolute Gasteiger partial charge is 0.394 e. The molecule has 2 aromatic heterocycles. The predicted molar refractivity (Wildman–Crippen MR) is 142 cm³/mol. The van der Waals surface area contributed by atoms with Crippen molar-refractivity contribution in [1.29, 1.82) is 0 Å². The number of fused-ring (bicyclic) bond motifs is 1. The maximum Gasteiger partial charge on any atom is 0.169 e. The third kappa shape index (κ3) is 5.46. The minimum Gasteiger partial charge on any atom is -0.394 e. The summed E-state index contributed by atoms with van der Waals surface area (Å²) in [5, 5.41) is 9.02. The Bertz CT molecular complexity index is 1330. The van der Waals surface area contributed by atoms with E-state index in [1.165, 1.54) is 17.8 Å². The van der Waals surface area contributed by atoms with Crippen molar-refractivity contribution in [3.8, 4) is 11.4 Å². The first-order valence-electron chi connectivity index (χ1n) is 10.9. The van der Waals surface area contributed by atoms with Gasteiger partial charge in [-0.25, -0.2) is 19.0 Å². The summed E-state index contributed by atoms with van der Waals surface area (Å²) in [6, 6.07) is 4.97. The number of nitrogens with two attached hydrogens (primary N) is 1. The predicted octanol–water partition coefficient (Wildman–Crippen LogP) is 6.76. The Balaban J connectivity index is 2.17. The Morgan fingerprint density at radius 1 is 1.24 bits per heavy atom. The molecule has 6 nitrogen and oxygen atoms in total. The van der Waals surface area contributed by atoms with Crippen LogP contribution in [0.2, 0.25) is 0 Å². The molecule has 34 heavy (non-hydrogen) atoms. The Morgan fingerprint density at radius 3 is 2.65 bits per heavy atom. The molecule has 176 valence electrons. The third-order valence-electron chi connectivity index (χ3n) is 4.99. The number of hydrogen-bond donors (Lipinski definition) is 2. The SMILES string of the molecule is C=C(Nc1nc(-c2ccc(C)cc2F)nc2c1cnn2C(/C=C\CC)=C/C)C(=C)S/C(N)=C\C. The summed E-state index contributed by atoms with van der Waals surface area (Å²) in [6.07, 6.45) is 10.3. The van der Waals surface area contributed by atoms with Crippen LogP contribution in [0.3, 0.4) is 0 Å². The topological polar surface area (TPSA) is 81.7 Å². The number of anilines is 1. The molecule has 3 aromatic rings. The summed E-state index contributed by atoms with van der Waals surface area (Å²) in [6.45, 7) is 15.8. The molecule has 0 bridgehead atoms. The molecule has 0 atom stereocenters. The van der Waals surface area contributed by atoms with E-state index in [4.69, 9.17) is 10.7 Å². The van der Waals surface area contributed by atoms with Crippen LogP contribution in [0.4, 0.5) is 10.2 Å². The second kappa shape index (κ2) is 11.0. The lowest BCUT2D eigenvalue weighted by Gasteiger charge is -2.14. The second-order valence-corrected chi connectivity index (χ2v) is 8.69. The highest BCUT2D eigenvalue weighted by Gasteiger charge is 2.18. The molecule has 1 aromatic carbocycles. The fourth-order valence-corrected chi connectivity index (χ4v) is 3.69. The van der Waals surface area contributed by atoms with E-state index in [2.05, 4.69) is 35.5 Å². The monoisotopic (exact) mass is 476 g/mol. The van der Waals surface area contributed by atoms with Crippen molar-refractivity contribution >= 4 is 34.3 Å². The standard InChI is InChI=1S/C26H29FN6S/c1-7-10-11-19(8-2)33-26-21(15-29-33)25(30-17(5)18(6)34-23(28)9-3)31-24(32-26)20-13-12-16(4)14-22(20)27/h8-15H,5-7,28H2,1-4H3,(H,30,31,32)/b11-10-,19-8+,23-9-. The molecule has 0 fully saturated rings. The maximum atomic E-state index is 14.9. The molecule has 0 saturated carbocycles. The maximum absolute atomic E-state index is 14.9. The minimum atomic E-state index is -0.395. The van der Waals surface area contributed by atoms with Gasteiger partial charge in [-0.1, -0.05) is 56.1 Å². The van der Waals surface area contributed by atoms with Crippen molar-refractivity contribution in [2.75, 3.05) is 5.32 Å². The first kappa shape index (κ1) is 25.0. The normalized spacial score (nSPS) is 12.5. The number of aromatic nitrogens is 4. The van der Waals surface area contributed by atoms with Crippen LogP contribution in [-0.2, 0) is 0 Å². The Kier molecular flexibility index (Phi) is 8.07. The van der Waals surface area contributed by atoms with E-state index in [0.717, 1.165) is 17.7 Å². The quantitative estimate of drug-likeness (QED) is 0.332. The zero-order valence-electron chi connectivity index (χ0n) is 19.9. The van der Waals surface area contributed by atoms with E-state index in [1.54, 1.807) is 23.0 Å². The van der Waals surface area contributed by atoms with Crippen LogP contribution in [-0.4, -0.2) is 19.7 Å². The van der Waals surface area contributed by atoms with Crippen molar-refractivity contribution in [2.45, 2.75) is 34.1 Å². The van der Waals surface area contributed by atoms with Gasteiger partial charge in [0.2, 0.25) is 0 Å². The van der Waals surface area contributed by atoms with Crippen LogP contribution >= 0.6 is 11.8 Å². The molecule has 8 heteroatoms. The summed E-state index contributed by atoms with van der Waals surface area (Å²) in [5.74, 6) is 0.295. The number of halogens is 1. The number of aryl methyl sites for hydroxylation is 1. The molecule has 0 radical (unpaired) electrons. The van der Waals surface area contributed by atoms with Crippen LogP contribution < -0.4 is 11.1 Å². The van der Waals surface area contributed by atoms with Gasteiger partial charge in [-0.2, -0.15) is 5.10 Å². The smallest absolute Gasteiger partial charge is 0.169 e. The summed E-state index contributed by atoms with van der Waals surface area (Å²) < 4.78 is 16.6. The number of allylic oxidation sites excluding steroid dienone is 5. The van der Waals surface area contributed by atoms with Gasteiger partial charge < -0.3 is 11.1 Å². The van der Waals surface area contributed by atoms with Crippen LogP contribution in [0, 0.1) is 12.7 Å². The molecule has 2 heterocycles. The molecule has 0 amide bonds. The molecule has 3 N–H and O–H groups in total. The van der Waals surface area contributed by atoms with Crippen molar-refractivity contribution in [2.24, 2.45) is 5.73 Å². The average molecular weight is 477 g/mol. The Hall–Kier alpha value is -3.65. The van der Waals surface area contributed by atoms with Gasteiger partial charge in [0, 0.05) is 10.6 Å². The number of nitrogens with zero attached hydrogens (tertiary/aromatic N) is 4. The number of nitrogens with one attached hydrogen (secondary N) is 1. The molecule has 0 aliphatic heterocycles. The first-order chi connectivity index (χ1) is 16.3. The molecule has 0 aliphatic rings. The van der Waals surface area contributed by atoms with Crippen LogP contribution in [0.5, 0.6) is 0 Å². The van der Waals surface area contributed by atoms with E-state index in [9.17, 15) is 4.39 Å². The second-order valence-electron chi connectivity index (χ2n) is 7.52. The Morgan fingerprint density at radius 2 is 2.00 bits per heavy atom. The highest BCUT2D eigenvalue weighted by atomic mass is 32.2. The van der Waals surface area contributed by atoms with E-state index < -0.39 is 5.82 Å². The molecule has 0 aliphatic carbocycles. The fourth-order valence-electron chi connectivity index (χ4n) is 3.12. The lowest BCUT2D eigenvalue weighted by atomic mass is 10.1. The molecule has 0 unspecified atom stereocenters. The molecular weight excluding hydrogens is 447 g/mol. The molecular formula is C26H29FN6S. The molecule has 0 saturated heterocycles. The van der Waals surface area contributed by atoms with Crippen molar-refractivity contribution in [3.05, 3.63) is 88.9 Å². The third-order valence-corrected chi connectivity index (χ3v) is 5.95. The number of thioether (sulfide) groups is 1. The zero-order valence-corrected chi connectivity index (χ0v) is 20.7. The number of hydrogen-bond acceptors (Lipinski definition) is 6. The van der Waals surface area contributed by atoms with Gasteiger partial charge in [0.05, 0.1) is 27.9 Å². The van der Waals surface area contributed by atoms with Gasteiger partial charge >= 0.3 is 0 Å². The van der Waals surface area contributed by atoms with Crippen LogP contribution in [0.25, 0.3) is 28.1 Å². The average Bonchev–Trinajstić information content (AvgIpc) is 3.23. The van der Waals surface area contributed by atoms with Gasteiger partial charge in [0.1, 0.15) is 11.6 Å². The summed E-state index contributed by atoms with van der Waals surface area (Å²) in [4.78, 5) is 9.97. The van der Waals surface area contributed by atoms with E-state index in [1.807, 2.05) is 45.1 Å². The summed E-state index contributed by atoms with van der Waals surface area (Å²) in [5.41, 5.74) is 8.94. The Labute approximate surface area is 203 Å². The van der Waals surface area contributed by atoms with Gasteiger partial charge in [0.25, 0.3) is 0 Å². The van der Waals surface area contributed by atoms with Crippen LogP contribution in [0.1, 0.15) is 32.8 Å². The van der Waals surface area contributed by atoms with Crippen molar-refractivity contribution < 1.29 is 4.39 Å². The van der Waals surface area contributed by atoms with E-state index in [-0.39, 0.29) is 5.82 Å². The summed E-state index contributed by atoms with van der Waals surface area (Å²) in [7, 11) is 0. The zero-order chi connectivity index (χ0) is 24.8. The number of benzene rings is 1. The fraction of sp³-hybridized carbons (Fsp3) is 0.192. The van der Waals surface area contributed by atoms with Gasteiger partial charge in [-0.15, -0.1) is 0 Å². The van der Waals surface area contributed by atoms with Crippen molar-refractivity contribution in [3.63, 3.8) is 0 Å². The van der Waals surface area contributed by atoms with E-state index >= 15 is 0 Å². The van der Waals surface area contributed by atoms with Gasteiger partial charge in [-0.3, -0.25) is 0 Å². The first-order valence-corrected chi connectivity index (χ1v) is 11.7. The van der Waals surface area contributed by atoms with Gasteiger partial charge in [0.15, 0.2) is 11.5 Å². The van der Waals surface area contributed by atoms with Crippen molar-refractivity contribution in [1.82, 2.24) is 19.7 Å². The highest BCUT2D eigenvalue weighted by molar-refractivity contribution is 8.06. The number of rotatable bonds is 9. The van der Waals surface area contributed by atoms with Crippen LogP contribution in [0.15, 0.2) is 77.5 Å². The highest BCUT2D eigenvalue weighted by Crippen LogP contribution is 2.31. The molecule has 0 spiro atoms. The van der Waals surface area contributed by atoms with Gasteiger partial charge in [-0.05, 0) is 51.0 Å². The lowest BCUT2D eigenvalue weighted by molar-refractivity contribution is 0.629. The minimum absolute atomic E-state index is 0.239. The summed E-state index contributed by atoms with van der Waals surface area (Å²) >= 11 is 1.30. The molecule has 3 rings (SSSR count). The lowest BCUT2D eigenvalue weighted by Crippen LogP contribution is -2.06.